The van der Waals surface area contributed by atoms with Crippen molar-refractivity contribution in [3.63, 3.8) is 0 Å². The van der Waals surface area contributed by atoms with E-state index in [-0.39, 0.29) is 23.0 Å². The topological polar surface area (TPSA) is 62.3 Å². The second-order valence-electron chi connectivity index (χ2n) is 6.39. The summed E-state index contributed by atoms with van der Waals surface area (Å²) in [6.07, 6.45) is 4.42. The van der Waals surface area contributed by atoms with Crippen molar-refractivity contribution in [2.24, 2.45) is 0 Å². The SMILES string of the molecule is CCCC(=O)N1C(C(=O)NCc2cccnc2)CSC1c1cccc(F)c1. The first-order valence-electron chi connectivity index (χ1n) is 8.95. The lowest BCUT2D eigenvalue weighted by atomic mass is 10.1. The fourth-order valence-corrected chi connectivity index (χ4v) is 4.52. The first kappa shape index (κ1) is 19.4. The number of hydrogen-bond donors (Lipinski definition) is 1. The molecule has 1 aliphatic heterocycles. The summed E-state index contributed by atoms with van der Waals surface area (Å²) in [5.41, 5.74) is 1.59. The molecule has 2 aromatic rings. The van der Waals surface area contributed by atoms with Crippen LogP contribution < -0.4 is 5.32 Å². The predicted molar refractivity (Wildman–Crippen MR) is 103 cm³/mol. The van der Waals surface area contributed by atoms with E-state index in [1.54, 1.807) is 29.4 Å². The molecule has 2 unspecified atom stereocenters. The van der Waals surface area contributed by atoms with Crippen LogP contribution in [0.2, 0.25) is 0 Å². The number of amides is 2. The Morgan fingerprint density at radius 1 is 1.33 bits per heavy atom. The van der Waals surface area contributed by atoms with Gasteiger partial charge in [-0.15, -0.1) is 11.8 Å². The van der Waals surface area contributed by atoms with Crippen LogP contribution in [-0.4, -0.2) is 33.5 Å². The highest BCUT2D eigenvalue weighted by molar-refractivity contribution is 7.99. The molecule has 27 heavy (non-hydrogen) atoms. The molecular weight excluding hydrogens is 365 g/mol. The lowest BCUT2D eigenvalue weighted by Gasteiger charge is -2.29. The van der Waals surface area contributed by atoms with E-state index in [0.717, 1.165) is 5.56 Å². The molecule has 2 heterocycles. The van der Waals surface area contributed by atoms with Crippen LogP contribution in [0, 0.1) is 5.82 Å². The highest BCUT2D eigenvalue weighted by Gasteiger charge is 2.41. The minimum Gasteiger partial charge on any atom is -0.350 e. The van der Waals surface area contributed by atoms with Gasteiger partial charge in [0.15, 0.2) is 0 Å². The van der Waals surface area contributed by atoms with Gasteiger partial charge in [-0.05, 0) is 35.7 Å². The van der Waals surface area contributed by atoms with Crippen molar-refractivity contribution in [3.05, 3.63) is 65.7 Å². The van der Waals surface area contributed by atoms with Gasteiger partial charge in [-0.25, -0.2) is 4.39 Å². The molecule has 1 aliphatic rings. The molecular formula is C20H22FN3O2S. The van der Waals surface area contributed by atoms with Crippen LogP contribution in [0.3, 0.4) is 0 Å². The summed E-state index contributed by atoms with van der Waals surface area (Å²) in [7, 11) is 0. The maximum absolute atomic E-state index is 13.7. The van der Waals surface area contributed by atoms with E-state index in [9.17, 15) is 14.0 Å². The van der Waals surface area contributed by atoms with Crippen LogP contribution in [0.1, 0.15) is 36.3 Å². The van der Waals surface area contributed by atoms with Crippen molar-refractivity contribution < 1.29 is 14.0 Å². The van der Waals surface area contributed by atoms with E-state index < -0.39 is 6.04 Å². The standard InChI is InChI=1S/C20H22FN3O2S/c1-2-5-18(25)24-17(19(26)23-12-14-6-4-9-22-11-14)13-27-20(24)15-7-3-8-16(21)10-15/h3-4,6-11,17,20H,2,5,12-13H2,1H3,(H,23,26). The maximum atomic E-state index is 13.7. The second kappa shape index (κ2) is 8.99. The van der Waals surface area contributed by atoms with Crippen molar-refractivity contribution in [2.45, 2.75) is 37.7 Å². The zero-order chi connectivity index (χ0) is 19.2. The van der Waals surface area contributed by atoms with Crippen molar-refractivity contribution >= 4 is 23.6 Å². The number of benzene rings is 1. The number of nitrogens with one attached hydrogen (secondary N) is 1. The summed E-state index contributed by atoms with van der Waals surface area (Å²) >= 11 is 1.49. The van der Waals surface area contributed by atoms with Gasteiger partial charge >= 0.3 is 0 Å². The molecule has 0 saturated carbocycles. The molecule has 1 saturated heterocycles. The molecule has 2 amide bonds. The molecule has 142 valence electrons. The highest BCUT2D eigenvalue weighted by atomic mass is 32.2. The third kappa shape index (κ3) is 4.66. The Morgan fingerprint density at radius 3 is 2.89 bits per heavy atom. The van der Waals surface area contributed by atoms with Crippen molar-refractivity contribution in [2.75, 3.05) is 5.75 Å². The Bertz CT molecular complexity index is 803. The van der Waals surface area contributed by atoms with E-state index in [2.05, 4.69) is 10.3 Å². The van der Waals surface area contributed by atoms with Gasteiger partial charge in [-0.3, -0.25) is 14.6 Å². The Morgan fingerprint density at radius 2 is 2.19 bits per heavy atom. The van der Waals surface area contributed by atoms with E-state index in [1.807, 2.05) is 19.1 Å². The zero-order valence-electron chi connectivity index (χ0n) is 15.1. The lowest BCUT2D eigenvalue weighted by molar-refractivity contribution is -0.140. The number of thioether (sulfide) groups is 1. The van der Waals surface area contributed by atoms with E-state index in [4.69, 9.17) is 0 Å². The summed E-state index contributed by atoms with van der Waals surface area (Å²) in [6.45, 7) is 2.28. The van der Waals surface area contributed by atoms with Gasteiger partial charge in [0.05, 0.1) is 0 Å². The average Bonchev–Trinajstić information content (AvgIpc) is 3.12. The summed E-state index contributed by atoms with van der Waals surface area (Å²) < 4.78 is 13.7. The van der Waals surface area contributed by atoms with Crippen LogP contribution in [0.15, 0.2) is 48.8 Å². The second-order valence-corrected chi connectivity index (χ2v) is 7.50. The number of pyridine rings is 1. The third-order valence-electron chi connectivity index (χ3n) is 4.38. The van der Waals surface area contributed by atoms with Gasteiger partial charge in [0.1, 0.15) is 17.2 Å². The first-order chi connectivity index (χ1) is 13.1. The number of rotatable bonds is 6. The monoisotopic (exact) mass is 387 g/mol. The molecule has 1 N–H and O–H groups in total. The van der Waals surface area contributed by atoms with E-state index >= 15 is 0 Å². The summed E-state index contributed by atoms with van der Waals surface area (Å²) in [5, 5.41) is 2.54. The molecule has 0 bridgehead atoms. The van der Waals surface area contributed by atoms with Crippen LogP contribution in [0.25, 0.3) is 0 Å². The molecule has 1 fully saturated rings. The number of aromatic nitrogens is 1. The highest BCUT2D eigenvalue weighted by Crippen LogP contribution is 2.42. The summed E-state index contributed by atoms with van der Waals surface area (Å²) in [4.78, 5) is 31.1. The van der Waals surface area contributed by atoms with Crippen LogP contribution >= 0.6 is 11.8 Å². The quantitative estimate of drug-likeness (QED) is 0.826. The molecule has 0 aliphatic carbocycles. The number of nitrogens with zero attached hydrogens (tertiary/aromatic N) is 2. The number of halogens is 1. The zero-order valence-corrected chi connectivity index (χ0v) is 15.9. The van der Waals surface area contributed by atoms with Crippen LogP contribution in [0.5, 0.6) is 0 Å². The minimum absolute atomic E-state index is 0.0849. The third-order valence-corrected chi connectivity index (χ3v) is 5.70. The number of carbonyl (C=O) groups excluding carboxylic acids is 2. The van der Waals surface area contributed by atoms with Gasteiger partial charge < -0.3 is 10.2 Å². The van der Waals surface area contributed by atoms with E-state index in [0.29, 0.717) is 30.7 Å². The van der Waals surface area contributed by atoms with Gasteiger partial charge in [0.25, 0.3) is 0 Å². The Balaban J connectivity index is 1.76. The molecule has 1 aromatic heterocycles. The molecule has 0 radical (unpaired) electrons. The predicted octanol–water partition coefficient (Wildman–Crippen LogP) is 3.28. The van der Waals surface area contributed by atoms with Gasteiger partial charge in [-0.1, -0.05) is 25.1 Å². The molecule has 3 rings (SSSR count). The molecule has 7 heteroatoms. The Hall–Kier alpha value is -2.41. The van der Waals surface area contributed by atoms with Gasteiger partial charge in [0, 0.05) is 31.1 Å². The Kier molecular flexibility index (Phi) is 6.45. The molecule has 0 spiro atoms. The van der Waals surface area contributed by atoms with Crippen LogP contribution in [0.4, 0.5) is 4.39 Å². The average molecular weight is 387 g/mol. The Labute approximate surface area is 162 Å². The lowest BCUT2D eigenvalue weighted by Crippen LogP contribution is -2.47. The van der Waals surface area contributed by atoms with Gasteiger partial charge in [-0.2, -0.15) is 0 Å². The molecule has 2 atom stereocenters. The number of hydrogen-bond acceptors (Lipinski definition) is 4. The van der Waals surface area contributed by atoms with Crippen LogP contribution in [-0.2, 0) is 16.1 Å². The first-order valence-corrected chi connectivity index (χ1v) is 10.00. The normalized spacial score (nSPS) is 19.1. The summed E-state index contributed by atoms with van der Waals surface area (Å²) in [6, 6.07) is 9.35. The summed E-state index contributed by atoms with van der Waals surface area (Å²) in [5.74, 6) is -0.149. The minimum atomic E-state index is -0.570. The largest absolute Gasteiger partial charge is 0.350 e. The number of carbonyl (C=O) groups is 2. The van der Waals surface area contributed by atoms with Crippen molar-refractivity contribution in [1.29, 1.82) is 0 Å². The fourth-order valence-electron chi connectivity index (χ4n) is 3.08. The molecule has 5 nitrogen and oxygen atoms in total. The van der Waals surface area contributed by atoms with Gasteiger partial charge in [0.2, 0.25) is 11.8 Å². The van der Waals surface area contributed by atoms with Crippen molar-refractivity contribution in [3.8, 4) is 0 Å². The smallest absolute Gasteiger partial charge is 0.243 e. The van der Waals surface area contributed by atoms with E-state index in [1.165, 1.54) is 23.9 Å². The fraction of sp³-hybridized carbons (Fsp3) is 0.350. The molecule has 1 aromatic carbocycles. The maximum Gasteiger partial charge on any atom is 0.243 e. The van der Waals surface area contributed by atoms with Crippen molar-refractivity contribution in [1.82, 2.24) is 15.2 Å².